The van der Waals surface area contributed by atoms with Crippen LogP contribution >= 0.6 is 0 Å². The molecule has 1 saturated heterocycles. The molecule has 3 aliphatic carbocycles. The maximum atomic E-state index is 13.5. The molecule has 2 fully saturated rings. The second-order valence-corrected chi connectivity index (χ2v) is 15.4. The van der Waals surface area contributed by atoms with Gasteiger partial charge >= 0.3 is 0 Å². The molecule has 0 aromatic heterocycles. The Balaban J connectivity index is 1.50. The molecule has 4 atom stereocenters. The zero-order chi connectivity index (χ0) is 20.8. The molecule has 0 unspecified atom stereocenters. The Labute approximate surface area is 173 Å². The van der Waals surface area contributed by atoms with Crippen molar-refractivity contribution in [1.82, 2.24) is 0 Å². The standard InChI is InChI=1S/C24H30O4Si/c1-23(2,3)29(4,5)28-14-10-11-24-18(12-14)20-17(13-19(24)27-24)21(25)15-8-6-7-9-16(15)22(20)26/h6-9,14,18-19H,10-13H2,1-5H3/t14-,18-,19+,24-/m1/s1. The van der Waals surface area contributed by atoms with E-state index in [4.69, 9.17) is 9.16 Å². The second-order valence-electron chi connectivity index (χ2n) is 10.7. The number of hydrogen-bond acceptors (Lipinski definition) is 4. The van der Waals surface area contributed by atoms with Crippen molar-refractivity contribution in [2.24, 2.45) is 5.92 Å². The molecular weight excluding hydrogens is 380 g/mol. The number of epoxide rings is 1. The van der Waals surface area contributed by atoms with E-state index in [2.05, 4.69) is 33.9 Å². The predicted octanol–water partition coefficient (Wildman–Crippen LogP) is 5.09. The van der Waals surface area contributed by atoms with Gasteiger partial charge in [0.2, 0.25) is 0 Å². The van der Waals surface area contributed by atoms with Crippen LogP contribution < -0.4 is 0 Å². The van der Waals surface area contributed by atoms with Gasteiger partial charge in [0.1, 0.15) is 5.60 Å². The zero-order valence-electron chi connectivity index (χ0n) is 18.0. The van der Waals surface area contributed by atoms with Crippen LogP contribution in [0.2, 0.25) is 18.1 Å². The third-order valence-corrected chi connectivity index (χ3v) is 12.6. The van der Waals surface area contributed by atoms with E-state index >= 15 is 0 Å². The molecule has 1 aliphatic heterocycles. The summed E-state index contributed by atoms with van der Waals surface area (Å²) in [6.45, 7) is 11.3. The molecule has 1 aromatic rings. The first-order valence-corrected chi connectivity index (χ1v) is 13.7. The Hall–Kier alpha value is -1.56. The van der Waals surface area contributed by atoms with Crippen LogP contribution in [0.1, 0.15) is 67.2 Å². The van der Waals surface area contributed by atoms with E-state index in [0.29, 0.717) is 23.1 Å². The first-order valence-electron chi connectivity index (χ1n) is 10.8. The number of hydrogen-bond donors (Lipinski definition) is 0. The fourth-order valence-electron chi connectivity index (χ4n) is 5.38. The number of rotatable bonds is 2. The third kappa shape index (κ3) is 2.70. The summed E-state index contributed by atoms with van der Waals surface area (Å²) in [6, 6.07) is 7.24. The molecule has 29 heavy (non-hydrogen) atoms. The molecule has 0 N–H and O–H groups in total. The molecular formula is C24H30O4Si. The van der Waals surface area contributed by atoms with Crippen molar-refractivity contribution in [2.45, 2.75) is 82.4 Å². The number of carbonyl (C=O) groups is 2. The summed E-state index contributed by atoms with van der Waals surface area (Å²) in [5.74, 6) is 0.0258. The minimum Gasteiger partial charge on any atom is -0.414 e. The lowest BCUT2D eigenvalue weighted by molar-refractivity contribution is 0.0633. The number of Topliss-reactive ketones (excluding diaryl/α,β-unsaturated/α-hetero) is 2. The molecule has 5 rings (SSSR count). The first-order chi connectivity index (χ1) is 13.6. The number of ether oxygens (including phenoxy) is 1. The van der Waals surface area contributed by atoms with Gasteiger partial charge in [0, 0.05) is 40.7 Å². The summed E-state index contributed by atoms with van der Waals surface area (Å²) in [7, 11) is -1.90. The Kier molecular flexibility index (Phi) is 4.01. The minimum atomic E-state index is -1.90. The number of carbonyl (C=O) groups excluding carboxylic acids is 2. The van der Waals surface area contributed by atoms with Gasteiger partial charge in [0.15, 0.2) is 19.9 Å². The SMILES string of the molecule is CC(C)(C)[Si](C)(C)O[C@@H]1CC[C@]23O[C@H]2CC2=C(C(=O)c4ccccc4C2=O)[C@H]3C1. The van der Waals surface area contributed by atoms with Crippen LogP contribution in [0.15, 0.2) is 35.4 Å². The van der Waals surface area contributed by atoms with Crippen molar-refractivity contribution in [3.8, 4) is 0 Å². The lowest BCUT2D eigenvalue weighted by Crippen LogP contribution is -2.49. The van der Waals surface area contributed by atoms with Gasteiger partial charge in [-0.05, 0) is 37.4 Å². The van der Waals surface area contributed by atoms with Gasteiger partial charge in [-0.3, -0.25) is 9.59 Å². The molecule has 1 saturated carbocycles. The van der Waals surface area contributed by atoms with Crippen LogP contribution in [0, 0.1) is 5.92 Å². The Morgan fingerprint density at radius 3 is 2.41 bits per heavy atom. The van der Waals surface area contributed by atoms with E-state index in [9.17, 15) is 9.59 Å². The van der Waals surface area contributed by atoms with Crippen LogP contribution in [0.4, 0.5) is 0 Å². The van der Waals surface area contributed by atoms with Crippen molar-refractivity contribution < 1.29 is 18.8 Å². The summed E-state index contributed by atoms with van der Waals surface area (Å²) in [5.41, 5.74) is 2.29. The van der Waals surface area contributed by atoms with Crippen molar-refractivity contribution in [2.75, 3.05) is 0 Å². The van der Waals surface area contributed by atoms with Crippen LogP contribution in [-0.4, -0.2) is 37.7 Å². The van der Waals surface area contributed by atoms with E-state index in [-0.39, 0.29) is 40.3 Å². The molecule has 0 bridgehead atoms. The van der Waals surface area contributed by atoms with Gasteiger partial charge in [-0.1, -0.05) is 45.0 Å². The smallest absolute Gasteiger partial charge is 0.192 e. The normalized spacial score (nSPS) is 33.6. The highest BCUT2D eigenvalue weighted by atomic mass is 28.4. The van der Waals surface area contributed by atoms with E-state index in [1.165, 1.54) is 0 Å². The maximum Gasteiger partial charge on any atom is 0.192 e. The van der Waals surface area contributed by atoms with Gasteiger partial charge in [-0.2, -0.15) is 0 Å². The number of ketones is 2. The average Bonchev–Trinajstić information content (AvgIpc) is 3.36. The third-order valence-electron chi connectivity index (χ3n) is 8.06. The second kappa shape index (κ2) is 5.99. The molecule has 154 valence electrons. The fraction of sp³-hybridized carbons (Fsp3) is 0.583. The number of benzene rings is 1. The van der Waals surface area contributed by atoms with Crippen molar-refractivity contribution in [1.29, 1.82) is 0 Å². The monoisotopic (exact) mass is 410 g/mol. The van der Waals surface area contributed by atoms with E-state index in [1.54, 1.807) is 12.1 Å². The summed E-state index contributed by atoms with van der Waals surface area (Å²) in [6.07, 6.45) is 3.47. The largest absolute Gasteiger partial charge is 0.414 e. The molecule has 0 amide bonds. The van der Waals surface area contributed by atoms with Crippen LogP contribution in [0.3, 0.4) is 0 Å². The molecule has 4 nitrogen and oxygen atoms in total. The van der Waals surface area contributed by atoms with Crippen LogP contribution in [0.25, 0.3) is 0 Å². The Bertz CT molecular complexity index is 954. The molecule has 5 heteroatoms. The van der Waals surface area contributed by atoms with E-state index in [0.717, 1.165) is 24.8 Å². The van der Waals surface area contributed by atoms with Gasteiger partial charge in [-0.15, -0.1) is 0 Å². The number of fused-ring (bicyclic) bond motifs is 2. The van der Waals surface area contributed by atoms with Gasteiger partial charge in [0.25, 0.3) is 0 Å². The predicted molar refractivity (Wildman–Crippen MR) is 114 cm³/mol. The molecule has 1 spiro atoms. The Morgan fingerprint density at radius 1 is 1.10 bits per heavy atom. The van der Waals surface area contributed by atoms with E-state index < -0.39 is 8.32 Å². The highest BCUT2D eigenvalue weighted by molar-refractivity contribution is 6.74. The fourth-order valence-corrected chi connectivity index (χ4v) is 6.78. The van der Waals surface area contributed by atoms with Crippen molar-refractivity contribution in [3.63, 3.8) is 0 Å². The summed E-state index contributed by atoms with van der Waals surface area (Å²) in [4.78, 5) is 26.7. The topological polar surface area (TPSA) is 55.9 Å². The summed E-state index contributed by atoms with van der Waals surface area (Å²) >= 11 is 0. The van der Waals surface area contributed by atoms with Gasteiger partial charge < -0.3 is 9.16 Å². The summed E-state index contributed by atoms with van der Waals surface area (Å²) < 4.78 is 12.9. The molecule has 1 aromatic carbocycles. The highest BCUT2D eigenvalue weighted by Crippen LogP contribution is 2.61. The van der Waals surface area contributed by atoms with Gasteiger partial charge in [-0.25, -0.2) is 0 Å². The zero-order valence-corrected chi connectivity index (χ0v) is 19.0. The molecule has 4 aliphatic rings. The molecule has 0 radical (unpaired) electrons. The van der Waals surface area contributed by atoms with Crippen molar-refractivity contribution in [3.05, 3.63) is 46.5 Å². The average molecular weight is 411 g/mol. The summed E-state index contributed by atoms with van der Waals surface area (Å²) in [5, 5.41) is 0.146. The quantitative estimate of drug-likeness (QED) is 0.503. The van der Waals surface area contributed by atoms with Crippen molar-refractivity contribution >= 4 is 19.9 Å². The highest BCUT2D eigenvalue weighted by Gasteiger charge is 2.68. The van der Waals surface area contributed by atoms with Gasteiger partial charge in [0.05, 0.1) is 6.10 Å². The maximum absolute atomic E-state index is 13.5. The molecule has 1 heterocycles. The van der Waals surface area contributed by atoms with Crippen LogP contribution in [0.5, 0.6) is 0 Å². The van der Waals surface area contributed by atoms with Crippen LogP contribution in [-0.2, 0) is 9.16 Å². The van der Waals surface area contributed by atoms with E-state index in [1.807, 2.05) is 12.1 Å². The lowest BCUT2D eigenvalue weighted by atomic mass is 9.63. The Morgan fingerprint density at radius 2 is 1.76 bits per heavy atom. The first kappa shape index (κ1) is 19.4. The minimum absolute atomic E-state index is 0.0201. The lowest BCUT2D eigenvalue weighted by Gasteiger charge is -2.44.